The third kappa shape index (κ3) is 4.64. The molecule has 0 atom stereocenters. The van der Waals surface area contributed by atoms with Crippen molar-refractivity contribution in [2.45, 2.75) is 26.2 Å². The molecule has 0 unspecified atom stereocenters. The van der Waals surface area contributed by atoms with Crippen molar-refractivity contribution in [2.75, 3.05) is 40.3 Å². The summed E-state index contributed by atoms with van der Waals surface area (Å²) in [6, 6.07) is 0. The minimum atomic E-state index is 0.0919. The fourth-order valence-corrected chi connectivity index (χ4v) is 2.23. The average molecular weight is 255 g/mol. The number of hydrogen-bond acceptors (Lipinski definition) is 3. The average Bonchev–Trinajstić information content (AvgIpc) is 2.36. The molecule has 0 aromatic rings. The number of amides is 2. The maximum absolute atomic E-state index is 11.8. The van der Waals surface area contributed by atoms with E-state index in [1.165, 1.54) is 0 Å². The number of carbonyl (C=O) groups excluding carboxylic acids is 2. The van der Waals surface area contributed by atoms with Crippen LogP contribution in [0.3, 0.4) is 0 Å². The van der Waals surface area contributed by atoms with Crippen molar-refractivity contribution in [3.8, 4) is 0 Å². The summed E-state index contributed by atoms with van der Waals surface area (Å²) in [4.78, 5) is 27.2. The molecule has 0 radical (unpaired) electrons. The van der Waals surface area contributed by atoms with Gasteiger partial charge >= 0.3 is 0 Å². The Morgan fingerprint density at radius 1 is 1.28 bits per heavy atom. The van der Waals surface area contributed by atoms with Gasteiger partial charge in [0.2, 0.25) is 11.8 Å². The van der Waals surface area contributed by atoms with Crippen molar-refractivity contribution in [1.29, 1.82) is 0 Å². The normalized spacial score (nSPS) is 17.5. The SMILES string of the molecule is CCCNC(=O)CN1CCC(C(=O)N(C)C)CC1. The largest absolute Gasteiger partial charge is 0.355 e. The highest BCUT2D eigenvalue weighted by atomic mass is 16.2. The molecule has 2 amide bonds. The van der Waals surface area contributed by atoms with Crippen LogP contribution in [-0.2, 0) is 9.59 Å². The summed E-state index contributed by atoms with van der Waals surface area (Å²) in [5.74, 6) is 0.439. The van der Waals surface area contributed by atoms with Crippen LogP contribution in [0, 0.1) is 5.92 Å². The molecule has 1 aliphatic rings. The Balaban J connectivity index is 2.27. The molecule has 1 fully saturated rings. The minimum Gasteiger partial charge on any atom is -0.355 e. The first-order valence-corrected chi connectivity index (χ1v) is 6.74. The first-order valence-electron chi connectivity index (χ1n) is 6.74. The predicted octanol–water partition coefficient (Wildman–Crippen LogP) is 0.313. The van der Waals surface area contributed by atoms with Crippen LogP contribution in [-0.4, -0.2) is 61.9 Å². The Morgan fingerprint density at radius 3 is 2.39 bits per heavy atom. The van der Waals surface area contributed by atoms with Crippen molar-refractivity contribution < 1.29 is 9.59 Å². The molecule has 0 aliphatic carbocycles. The number of nitrogens with one attached hydrogen (secondary N) is 1. The van der Waals surface area contributed by atoms with Gasteiger partial charge in [0.05, 0.1) is 6.54 Å². The van der Waals surface area contributed by atoms with E-state index < -0.39 is 0 Å². The molecular weight excluding hydrogens is 230 g/mol. The molecule has 104 valence electrons. The van der Waals surface area contributed by atoms with Crippen LogP contribution >= 0.6 is 0 Å². The van der Waals surface area contributed by atoms with Crippen molar-refractivity contribution in [3.05, 3.63) is 0 Å². The lowest BCUT2D eigenvalue weighted by Crippen LogP contribution is -2.44. The summed E-state index contributed by atoms with van der Waals surface area (Å²) in [7, 11) is 3.60. The summed E-state index contributed by atoms with van der Waals surface area (Å²) >= 11 is 0. The van der Waals surface area contributed by atoms with E-state index in [4.69, 9.17) is 0 Å². The van der Waals surface area contributed by atoms with Gasteiger partial charge in [-0.25, -0.2) is 0 Å². The Hall–Kier alpha value is -1.10. The molecule has 1 N–H and O–H groups in total. The van der Waals surface area contributed by atoms with Gasteiger partial charge in [0.25, 0.3) is 0 Å². The molecule has 1 rings (SSSR count). The lowest BCUT2D eigenvalue weighted by Gasteiger charge is -2.31. The maximum Gasteiger partial charge on any atom is 0.234 e. The lowest BCUT2D eigenvalue weighted by atomic mass is 9.95. The second kappa shape index (κ2) is 7.36. The number of likely N-dealkylation sites (tertiary alicyclic amines) is 1. The molecule has 1 saturated heterocycles. The summed E-state index contributed by atoms with van der Waals surface area (Å²) in [6.07, 6.45) is 2.68. The molecule has 1 aliphatic heterocycles. The van der Waals surface area contributed by atoms with E-state index in [9.17, 15) is 9.59 Å². The van der Waals surface area contributed by atoms with Crippen LogP contribution in [0.15, 0.2) is 0 Å². The summed E-state index contributed by atoms with van der Waals surface area (Å²) in [5.41, 5.74) is 0. The lowest BCUT2D eigenvalue weighted by molar-refractivity contribution is -0.134. The first-order chi connectivity index (χ1) is 8.54. The number of piperidine rings is 1. The minimum absolute atomic E-state index is 0.0919. The van der Waals surface area contributed by atoms with Crippen LogP contribution in [0.1, 0.15) is 26.2 Å². The van der Waals surface area contributed by atoms with Gasteiger partial charge in [-0.05, 0) is 32.4 Å². The first kappa shape index (κ1) is 15.0. The fraction of sp³-hybridized carbons (Fsp3) is 0.846. The van der Waals surface area contributed by atoms with E-state index in [1.807, 2.05) is 6.92 Å². The molecule has 5 nitrogen and oxygen atoms in total. The van der Waals surface area contributed by atoms with Crippen molar-refractivity contribution in [1.82, 2.24) is 15.1 Å². The molecule has 18 heavy (non-hydrogen) atoms. The van der Waals surface area contributed by atoms with Gasteiger partial charge in [-0.2, -0.15) is 0 Å². The number of hydrogen-bond donors (Lipinski definition) is 1. The van der Waals surface area contributed by atoms with Gasteiger partial charge in [0.15, 0.2) is 0 Å². The standard InChI is InChI=1S/C13H25N3O2/c1-4-7-14-12(17)10-16-8-5-11(6-9-16)13(18)15(2)3/h11H,4-10H2,1-3H3,(H,14,17). The number of nitrogens with zero attached hydrogens (tertiary/aromatic N) is 2. The zero-order chi connectivity index (χ0) is 13.5. The summed E-state index contributed by atoms with van der Waals surface area (Å²) in [6.45, 7) is 4.92. The topological polar surface area (TPSA) is 52.7 Å². The van der Waals surface area contributed by atoms with Crippen molar-refractivity contribution >= 4 is 11.8 Å². The van der Waals surface area contributed by atoms with Crippen LogP contribution < -0.4 is 5.32 Å². The molecule has 0 saturated carbocycles. The zero-order valence-corrected chi connectivity index (χ0v) is 11.7. The molecule has 1 heterocycles. The predicted molar refractivity (Wildman–Crippen MR) is 71.2 cm³/mol. The van der Waals surface area contributed by atoms with Crippen LogP contribution in [0.2, 0.25) is 0 Å². The van der Waals surface area contributed by atoms with Gasteiger partial charge in [0, 0.05) is 26.6 Å². The highest BCUT2D eigenvalue weighted by molar-refractivity contribution is 5.79. The van der Waals surface area contributed by atoms with Crippen molar-refractivity contribution in [2.24, 2.45) is 5.92 Å². The second-order valence-electron chi connectivity index (χ2n) is 5.13. The van der Waals surface area contributed by atoms with E-state index in [1.54, 1.807) is 19.0 Å². The summed E-state index contributed by atoms with van der Waals surface area (Å²) < 4.78 is 0. The molecule has 0 aromatic carbocycles. The van der Waals surface area contributed by atoms with Gasteiger partial charge < -0.3 is 10.2 Å². The molecule has 0 bridgehead atoms. The highest BCUT2D eigenvalue weighted by Gasteiger charge is 2.26. The molecule has 0 spiro atoms. The Kier molecular flexibility index (Phi) is 6.12. The summed E-state index contributed by atoms with van der Waals surface area (Å²) in [5, 5.41) is 2.88. The van der Waals surface area contributed by atoms with Crippen LogP contribution in [0.4, 0.5) is 0 Å². The van der Waals surface area contributed by atoms with E-state index in [0.717, 1.165) is 38.9 Å². The van der Waals surface area contributed by atoms with Crippen LogP contribution in [0.25, 0.3) is 0 Å². The zero-order valence-electron chi connectivity index (χ0n) is 11.7. The maximum atomic E-state index is 11.8. The monoisotopic (exact) mass is 255 g/mol. The third-order valence-electron chi connectivity index (χ3n) is 3.32. The van der Waals surface area contributed by atoms with Gasteiger partial charge in [-0.3, -0.25) is 14.5 Å². The second-order valence-corrected chi connectivity index (χ2v) is 5.13. The van der Waals surface area contributed by atoms with E-state index in [0.29, 0.717) is 6.54 Å². The molecular formula is C13H25N3O2. The smallest absolute Gasteiger partial charge is 0.234 e. The van der Waals surface area contributed by atoms with Crippen molar-refractivity contribution in [3.63, 3.8) is 0 Å². The van der Waals surface area contributed by atoms with Crippen LogP contribution in [0.5, 0.6) is 0 Å². The molecule has 5 heteroatoms. The Morgan fingerprint density at radius 2 is 1.89 bits per heavy atom. The van der Waals surface area contributed by atoms with Gasteiger partial charge in [-0.1, -0.05) is 6.92 Å². The Labute approximate surface area is 110 Å². The molecule has 0 aromatic heterocycles. The van der Waals surface area contributed by atoms with E-state index >= 15 is 0 Å². The number of rotatable bonds is 5. The number of carbonyl (C=O) groups is 2. The fourth-order valence-electron chi connectivity index (χ4n) is 2.23. The van der Waals surface area contributed by atoms with Gasteiger partial charge in [-0.15, -0.1) is 0 Å². The highest BCUT2D eigenvalue weighted by Crippen LogP contribution is 2.18. The third-order valence-corrected chi connectivity index (χ3v) is 3.32. The van der Waals surface area contributed by atoms with E-state index in [2.05, 4.69) is 10.2 Å². The van der Waals surface area contributed by atoms with Gasteiger partial charge in [0.1, 0.15) is 0 Å². The van der Waals surface area contributed by atoms with E-state index in [-0.39, 0.29) is 17.7 Å². The quantitative estimate of drug-likeness (QED) is 0.769. The Bertz CT molecular complexity index is 284.